The Hall–Kier alpha value is -8.08. The van der Waals surface area contributed by atoms with E-state index in [0.29, 0.717) is 67.7 Å². The second-order valence-electron chi connectivity index (χ2n) is 21.6. The summed E-state index contributed by atoms with van der Waals surface area (Å²) in [6.45, 7) is 3.67. The van der Waals surface area contributed by atoms with Crippen LogP contribution in [0.5, 0.6) is 0 Å². The highest BCUT2D eigenvalue weighted by atomic mass is 16.2. The molecule has 8 aromatic rings. The summed E-state index contributed by atoms with van der Waals surface area (Å²) in [5.41, 5.74) is 5.84. The molecule has 388 valence electrons. The van der Waals surface area contributed by atoms with Gasteiger partial charge in [-0.25, -0.2) is 0 Å². The van der Waals surface area contributed by atoms with Crippen LogP contribution in [0.2, 0.25) is 0 Å². The maximum Gasteiger partial charge on any atom is 0.261 e. The fourth-order valence-electron chi connectivity index (χ4n) is 11.1. The van der Waals surface area contributed by atoms with Crippen LogP contribution >= 0.6 is 0 Å². The molecule has 0 aliphatic carbocycles. The van der Waals surface area contributed by atoms with Crippen molar-refractivity contribution in [2.24, 2.45) is 0 Å². The first-order valence-corrected chi connectivity index (χ1v) is 26.5. The largest absolute Gasteiger partial charge is 0.328 e. The number of carbonyl (C=O) groups excluding carboxylic acids is 6. The van der Waals surface area contributed by atoms with Crippen LogP contribution in [0.4, 0.5) is 11.4 Å². The number of imide groups is 2. The van der Waals surface area contributed by atoms with Crippen LogP contribution in [0.1, 0.15) is 106 Å². The summed E-state index contributed by atoms with van der Waals surface area (Å²) < 4.78 is 1.38. The second kappa shape index (κ2) is 21.6. The van der Waals surface area contributed by atoms with Crippen molar-refractivity contribution in [3.63, 3.8) is 0 Å². The standard InChI is InChI=1S/C60H62N10O6/c1-69(2,33-9-5-7-21-49(71)65-47-37-39-17-11-27-61-53(39)55-41(47)19-13-29-63-55)35-15-31-67-57(73)43-23-25-45-52-46(26-24-44(51(43)52)58(67)74)60(76)68(59(45)75)32-16-36-70(3,4)34-10-6-8-22-50(72)66-48-38-40-18-12-28-62-54(40)56-42(48)20-14-30-64-56/h11-14,17-20,23-30,37-38H,5-10,15-16,21-22,31-36H2,1-4H3/p+2. The van der Waals surface area contributed by atoms with E-state index in [2.05, 4.69) is 58.8 Å². The molecule has 0 atom stereocenters. The number of fused-ring (bicyclic) bond motifs is 6. The van der Waals surface area contributed by atoms with Crippen LogP contribution in [0, 0.1) is 0 Å². The number of hydrogen-bond acceptors (Lipinski definition) is 10. The first-order chi connectivity index (χ1) is 36.7. The molecule has 16 heteroatoms. The zero-order chi connectivity index (χ0) is 53.1. The van der Waals surface area contributed by atoms with Crippen molar-refractivity contribution in [1.82, 2.24) is 29.7 Å². The number of benzene rings is 4. The van der Waals surface area contributed by atoms with E-state index in [4.69, 9.17) is 0 Å². The van der Waals surface area contributed by atoms with Crippen molar-refractivity contribution < 1.29 is 37.7 Å². The molecule has 6 heterocycles. The fraction of sp³-hybridized carbons (Fsp3) is 0.333. The monoisotopic (exact) mass is 1020 g/mol. The summed E-state index contributed by atoms with van der Waals surface area (Å²) in [5.74, 6) is -1.79. The van der Waals surface area contributed by atoms with E-state index in [9.17, 15) is 28.8 Å². The molecule has 2 N–H and O–H groups in total. The molecule has 0 saturated carbocycles. The third-order valence-electron chi connectivity index (χ3n) is 15.2. The Morgan fingerprint density at radius 3 is 1.16 bits per heavy atom. The summed E-state index contributed by atoms with van der Waals surface area (Å²) in [7, 11) is 8.53. The molecule has 4 aromatic heterocycles. The Kier molecular flexibility index (Phi) is 14.6. The van der Waals surface area contributed by atoms with Gasteiger partial charge in [0.25, 0.3) is 23.6 Å². The Morgan fingerprint density at radius 2 is 0.776 bits per heavy atom. The van der Waals surface area contributed by atoms with Gasteiger partial charge >= 0.3 is 0 Å². The van der Waals surface area contributed by atoms with Crippen LogP contribution in [-0.4, -0.2) is 142 Å². The van der Waals surface area contributed by atoms with Crippen molar-refractivity contribution in [1.29, 1.82) is 0 Å². The number of rotatable bonds is 22. The Morgan fingerprint density at radius 1 is 0.434 bits per heavy atom. The minimum Gasteiger partial charge on any atom is -0.328 e. The summed E-state index contributed by atoms with van der Waals surface area (Å²) >= 11 is 0. The predicted molar refractivity (Wildman–Crippen MR) is 296 cm³/mol. The summed E-state index contributed by atoms with van der Waals surface area (Å²) in [6, 6.07) is 25.7. The van der Waals surface area contributed by atoms with Crippen molar-refractivity contribution in [3.05, 3.63) is 132 Å². The van der Waals surface area contributed by atoms with Crippen LogP contribution in [0.25, 0.3) is 54.4 Å². The molecular weight excluding hydrogens is 957 g/mol. The van der Waals surface area contributed by atoms with Gasteiger partial charge in [-0.15, -0.1) is 0 Å². The Balaban J connectivity index is 0.662. The Bertz CT molecular complexity index is 3330. The minimum atomic E-state index is -0.425. The van der Waals surface area contributed by atoms with Gasteiger partial charge in [0.15, 0.2) is 0 Å². The second-order valence-corrected chi connectivity index (χ2v) is 21.6. The van der Waals surface area contributed by atoms with Crippen LogP contribution in [-0.2, 0) is 9.59 Å². The third kappa shape index (κ3) is 10.6. The van der Waals surface area contributed by atoms with Crippen molar-refractivity contribution in [2.45, 2.75) is 64.2 Å². The summed E-state index contributed by atoms with van der Waals surface area (Å²) in [4.78, 5) is 103. The molecule has 0 fully saturated rings. The average molecular weight is 1020 g/mol. The van der Waals surface area contributed by atoms with Gasteiger partial charge in [0.2, 0.25) is 11.8 Å². The average Bonchev–Trinajstić information content (AvgIpc) is 3.42. The fourth-order valence-corrected chi connectivity index (χ4v) is 11.1. The molecule has 6 amide bonds. The summed E-state index contributed by atoms with van der Waals surface area (Å²) in [5, 5.41) is 10.5. The van der Waals surface area contributed by atoms with E-state index < -0.39 is 23.6 Å². The molecule has 16 nitrogen and oxygen atoms in total. The number of nitrogens with zero attached hydrogens (tertiary/aromatic N) is 8. The van der Waals surface area contributed by atoms with Crippen LogP contribution < -0.4 is 10.6 Å². The molecule has 0 saturated heterocycles. The number of quaternary nitrogens is 2. The van der Waals surface area contributed by atoms with Gasteiger partial charge in [0.05, 0.1) is 87.8 Å². The highest BCUT2D eigenvalue weighted by Gasteiger charge is 2.40. The highest BCUT2D eigenvalue weighted by Crippen LogP contribution is 2.38. The SMILES string of the molecule is C[N+](C)(CCCCCC(=O)Nc1cc2cccnc2c2ncccc12)CCCN1C(=O)c2ccc3c4c(ccc(c24)C1=O)C(=O)N(CCC[N+](C)(C)CCCCCC(=O)Nc1cc2cccnc2c2ncccc12)C3=O. The lowest BCUT2D eigenvalue weighted by atomic mass is 9.86. The smallest absolute Gasteiger partial charge is 0.261 e. The van der Waals surface area contributed by atoms with E-state index in [1.807, 2.05) is 60.7 Å². The lowest BCUT2D eigenvalue weighted by Crippen LogP contribution is -2.46. The normalized spacial score (nSPS) is 13.7. The van der Waals surface area contributed by atoms with Gasteiger partial charge in [-0.05, 0) is 111 Å². The van der Waals surface area contributed by atoms with E-state index >= 15 is 0 Å². The van der Waals surface area contributed by atoms with Gasteiger partial charge in [-0.2, -0.15) is 0 Å². The molecule has 10 rings (SSSR count). The van der Waals surface area contributed by atoms with Crippen LogP contribution in [0.15, 0.2) is 110 Å². The zero-order valence-electron chi connectivity index (χ0n) is 43.7. The molecule has 2 aliphatic heterocycles. The first-order valence-electron chi connectivity index (χ1n) is 26.5. The van der Waals surface area contributed by atoms with Crippen molar-refractivity contribution in [2.75, 3.05) is 78.1 Å². The molecular formula is C60H64N10O6+2. The predicted octanol–water partition coefficient (Wildman–Crippen LogP) is 9.56. The van der Waals surface area contributed by atoms with E-state index in [-0.39, 0.29) is 24.9 Å². The van der Waals surface area contributed by atoms with Gasteiger partial charge < -0.3 is 19.6 Å². The molecule has 2 aliphatic rings. The van der Waals surface area contributed by atoms with E-state index in [1.165, 1.54) is 9.80 Å². The van der Waals surface area contributed by atoms with Gasteiger partial charge in [0, 0.05) is 118 Å². The molecule has 4 aromatic carbocycles. The number of aromatic nitrogens is 4. The zero-order valence-corrected chi connectivity index (χ0v) is 43.7. The topological polar surface area (TPSA) is 185 Å². The van der Waals surface area contributed by atoms with Gasteiger partial charge in [0.1, 0.15) is 0 Å². The number of carbonyl (C=O) groups is 6. The maximum absolute atomic E-state index is 14.0. The molecule has 0 unspecified atom stereocenters. The number of hydrogen-bond donors (Lipinski definition) is 2. The molecule has 0 radical (unpaired) electrons. The molecule has 0 spiro atoms. The van der Waals surface area contributed by atoms with E-state index in [1.54, 1.807) is 49.1 Å². The van der Waals surface area contributed by atoms with Gasteiger partial charge in [-0.3, -0.25) is 58.5 Å². The lowest BCUT2D eigenvalue weighted by molar-refractivity contribution is -0.890. The van der Waals surface area contributed by atoms with Crippen molar-refractivity contribution in [3.8, 4) is 0 Å². The first kappa shape index (κ1) is 51.4. The number of unbranched alkanes of at least 4 members (excludes halogenated alkanes) is 4. The number of pyridine rings is 4. The maximum atomic E-state index is 14.0. The third-order valence-corrected chi connectivity index (χ3v) is 15.2. The number of nitrogens with one attached hydrogen (secondary N) is 2. The molecule has 0 bridgehead atoms. The molecule has 76 heavy (non-hydrogen) atoms. The quantitative estimate of drug-likeness (QED) is 0.0287. The van der Waals surface area contributed by atoms with Gasteiger partial charge in [-0.1, -0.05) is 12.1 Å². The Labute approximate surface area is 441 Å². The lowest BCUT2D eigenvalue weighted by Gasteiger charge is -2.34. The summed E-state index contributed by atoms with van der Waals surface area (Å²) in [6.07, 6.45) is 14.0. The van der Waals surface area contributed by atoms with E-state index in [0.717, 1.165) is 120 Å². The minimum absolute atomic E-state index is 0.0459. The number of anilines is 2. The van der Waals surface area contributed by atoms with Crippen molar-refractivity contribution >= 4 is 101 Å². The highest BCUT2D eigenvalue weighted by molar-refractivity contribution is 6.33. The van der Waals surface area contributed by atoms with Crippen LogP contribution in [0.3, 0.4) is 0 Å². The number of amides is 6.